The third kappa shape index (κ3) is 3.30. The molecule has 2 heterocycles. The van der Waals surface area contributed by atoms with Gasteiger partial charge in [-0.05, 0) is 43.4 Å². The fraction of sp³-hybridized carbons (Fsp3) is 0.316. The van der Waals surface area contributed by atoms with E-state index in [1.807, 2.05) is 0 Å². The van der Waals surface area contributed by atoms with Crippen LogP contribution in [0.5, 0.6) is 6.01 Å². The van der Waals surface area contributed by atoms with Gasteiger partial charge in [-0.2, -0.15) is 4.98 Å². The zero-order valence-electron chi connectivity index (χ0n) is 14.1. The lowest BCUT2D eigenvalue weighted by Gasteiger charge is -2.25. The first-order chi connectivity index (χ1) is 12.6. The number of nitrogens with zero attached hydrogens (tertiary/aromatic N) is 3. The lowest BCUT2D eigenvalue weighted by molar-refractivity contribution is 0.0620. The molecule has 0 saturated heterocycles. The topological polar surface area (TPSA) is 94.2 Å². The molecule has 3 N–H and O–H groups in total. The summed E-state index contributed by atoms with van der Waals surface area (Å²) in [5.41, 5.74) is 8.10. The highest BCUT2D eigenvalue weighted by atomic mass is 19.1. The number of ether oxygens (including phenoxy) is 1. The van der Waals surface area contributed by atoms with Crippen LogP contribution in [-0.2, 0) is 0 Å². The quantitative estimate of drug-likeness (QED) is 0.751. The van der Waals surface area contributed by atoms with E-state index >= 15 is 0 Å². The molecule has 0 radical (unpaired) electrons. The number of nitrogens with two attached hydrogens (primary N) is 1. The minimum atomic E-state index is -0.306. The molecule has 1 aliphatic rings. The molecule has 6 nitrogen and oxygen atoms in total. The molecule has 0 spiro atoms. The number of hydrogen-bond acceptors (Lipinski definition) is 6. The maximum atomic E-state index is 13.2. The number of nitrogen functional groups attached to an aromatic ring is 1. The Morgan fingerprint density at radius 1 is 1.04 bits per heavy atom. The molecule has 0 atom stereocenters. The van der Waals surface area contributed by atoms with Gasteiger partial charge in [-0.15, -0.1) is 0 Å². The summed E-state index contributed by atoms with van der Waals surface area (Å²) in [5.74, 6) is 0.0257. The zero-order chi connectivity index (χ0) is 18.1. The van der Waals surface area contributed by atoms with Crippen LogP contribution in [0.25, 0.3) is 22.0 Å². The lowest BCUT2D eigenvalue weighted by atomic mass is 9.95. The fourth-order valence-electron chi connectivity index (χ4n) is 3.23. The number of rotatable bonds is 3. The van der Waals surface area contributed by atoms with Crippen molar-refractivity contribution >= 4 is 16.7 Å². The van der Waals surface area contributed by atoms with E-state index < -0.39 is 0 Å². The number of halogens is 1. The van der Waals surface area contributed by atoms with Gasteiger partial charge < -0.3 is 15.6 Å². The van der Waals surface area contributed by atoms with Crippen molar-refractivity contribution in [3.8, 4) is 17.1 Å². The van der Waals surface area contributed by atoms with Crippen LogP contribution >= 0.6 is 0 Å². The van der Waals surface area contributed by atoms with Crippen molar-refractivity contribution in [2.45, 2.75) is 37.9 Å². The Balaban J connectivity index is 1.71. The predicted octanol–water partition coefficient (Wildman–Crippen LogP) is 3.10. The van der Waals surface area contributed by atoms with Crippen LogP contribution < -0.4 is 10.5 Å². The summed E-state index contributed by atoms with van der Waals surface area (Å²) in [7, 11) is 0. The molecule has 0 bridgehead atoms. The maximum absolute atomic E-state index is 13.2. The molecule has 134 valence electrons. The highest BCUT2D eigenvalue weighted by Gasteiger charge is 2.22. The molecule has 0 amide bonds. The Labute approximate surface area is 149 Å². The molecule has 1 aliphatic carbocycles. The van der Waals surface area contributed by atoms with Crippen LogP contribution in [0.1, 0.15) is 25.7 Å². The van der Waals surface area contributed by atoms with Crippen molar-refractivity contribution in [3.05, 3.63) is 42.5 Å². The van der Waals surface area contributed by atoms with E-state index in [4.69, 9.17) is 10.5 Å². The lowest BCUT2D eigenvalue weighted by Crippen LogP contribution is -2.27. The summed E-state index contributed by atoms with van der Waals surface area (Å²) < 4.78 is 19.1. The van der Waals surface area contributed by atoms with Crippen LogP contribution in [0, 0.1) is 5.82 Å². The van der Waals surface area contributed by atoms with Gasteiger partial charge in [0.15, 0.2) is 0 Å². The standard InChI is InChI=1S/C19H19FN4O2/c20-12-3-1-11(2-4-12)15-9-22-18(21)16-10-23-19(24-17(15)16)26-14-7-5-13(25)6-8-14/h1-4,9-10,13-14,25H,5-8H2,(H2,21,22). The highest BCUT2D eigenvalue weighted by Crippen LogP contribution is 2.30. The van der Waals surface area contributed by atoms with Crippen molar-refractivity contribution in [3.63, 3.8) is 0 Å². The first-order valence-corrected chi connectivity index (χ1v) is 8.62. The molecule has 1 aromatic carbocycles. The first-order valence-electron chi connectivity index (χ1n) is 8.62. The molecule has 7 heteroatoms. The van der Waals surface area contributed by atoms with E-state index in [2.05, 4.69) is 15.0 Å². The van der Waals surface area contributed by atoms with Crippen LogP contribution in [0.15, 0.2) is 36.7 Å². The average Bonchev–Trinajstić information content (AvgIpc) is 2.65. The van der Waals surface area contributed by atoms with Crippen molar-refractivity contribution in [1.82, 2.24) is 15.0 Å². The number of anilines is 1. The van der Waals surface area contributed by atoms with Crippen LogP contribution in [0.4, 0.5) is 10.2 Å². The van der Waals surface area contributed by atoms with Gasteiger partial charge in [-0.25, -0.2) is 14.4 Å². The van der Waals surface area contributed by atoms with E-state index in [-0.39, 0.29) is 24.0 Å². The molecule has 4 rings (SSSR count). The van der Waals surface area contributed by atoms with Gasteiger partial charge in [0.25, 0.3) is 0 Å². The number of aliphatic hydroxyl groups is 1. The van der Waals surface area contributed by atoms with E-state index in [9.17, 15) is 9.50 Å². The molecular formula is C19H19FN4O2. The van der Waals surface area contributed by atoms with Crippen LogP contribution in [0.3, 0.4) is 0 Å². The van der Waals surface area contributed by atoms with Crippen LogP contribution in [-0.4, -0.2) is 32.3 Å². The van der Waals surface area contributed by atoms with Crippen molar-refractivity contribution < 1.29 is 14.2 Å². The molecule has 1 fully saturated rings. The van der Waals surface area contributed by atoms with Gasteiger partial charge in [-0.3, -0.25) is 0 Å². The second-order valence-corrected chi connectivity index (χ2v) is 6.53. The van der Waals surface area contributed by atoms with Gasteiger partial charge in [0.1, 0.15) is 17.7 Å². The minimum Gasteiger partial charge on any atom is -0.460 e. The van der Waals surface area contributed by atoms with Gasteiger partial charge in [0, 0.05) is 18.0 Å². The Kier molecular flexibility index (Phi) is 4.38. The molecule has 1 saturated carbocycles. The monoisotopic (exact) mass is 354 g/mol. The molecular weight excluding hydrogens is 335 g/mol. The first kappa shape index (κ1) is 16.7. The summed E-state index contributed by atoms with van der Waals surface area (Å²) >= 11 is 0. The highest BCUT2D eigenvalue weighted by molar-refractivity contribution is 5.98. The number of aromatic nitrogens is 3. The zero-order valence-corrected chi connectivity index (χ0v) is 14.1. The van der Waals surface area contributed by atoms with Gasteiger partial charge >= 0.3 is 6.01 Å². The summed E-state index contributed by atoms with van der Waals surface area (Å²) in [6.07, 6.45) is 5.94. The maximum Gasteiger partial charge on any atom is 0.317 e. The number of aliphatic hydroxyl groups excluding tert-OH is 1. The summed E-state index contributed by atoms with van der Waals surface area (Å²) in [4.78, 5) is 13.0. The smallest absolute Gasteiger partial charge is 0.317 e. The van der Waals surface area contributed by atoms with Gasteiger partial charge in [0.05, 0.1) is 17.0 Å². The SMILES string of the molecule is Nc1ncc(-c2ccc(F)cc2)c2nc(OC3CCC(O)CC3)ncc12. The number of benzene rings is 1. The van der Waals surface area contributed by atoms with Crippen molar-refractivity contribution in [2.75, 3.05) is 5.73 Å². The third-order valence-electron chi connectivity index (χ3n) is 4.70. The molecule has 26 heavy (non-hydrogen) atoms. The minimum absolute atomic E-state index is 0.00990. The van der Waals surface area contributed by atoms with Crippen molar-refractivity contribution in [1.29, 1.82) is 0 Å². The Bertz CT molecular complexity index is 925. The van der Waals surface area contributed by atoms with Crippen LogP contribution in [0.2, 0.25) is 0 Å². The fourth-order valence-corrected chi connectivity index (χ4v) is 3.23. The Hall–Kier alpha value is -2.80. The number of fused-ring (bicyclic) bond motifs is 1. The molecule has 0 aliphatic heterocycles. The Morgan fingerprint density at radius 2 is 1.77 bits per heavy atom. The predicted molar refractivity (Wildman–Crippen MR) is 96.0 cm³/mol. The average molecular weight is 354 g/mol. The second-order valence-electron chi connectivity index (χ2n) is 6.53. The summed E-state index contributed by atoms with van der Waals surface area (Å²) in [6, 6.07) is 6.40. The number of hydrogen-bond donors (Lipinski definition) is 2. The van der Waals surface area contributed by atoms with E-state index in [0.29, 0.717) is 16.7 Å². The molecule has 0 unspecified atom stereocenters. The second kappa shape index (κ2) is 6.84. The van der Waals surface area contributed by atoms with E-state index in [1.165, 1.54) is 12.1 Å². The largest absolute Gasteiger partial charge is 0.460 e. The van der Waals surface area contributed by atoms with E-state index in [0.717, 1.165) is 36.8 Å². The Morgan fingerprint density at radius 3 is 2.50 bits per heavy atom. The van der Waals surface area contributed by atoms with Gasteiger partial charge in [0.2, 0.25) is 0 Å². The molecule has 3 aromatic rings. The number of pyridine rings is 1. The summed E-state index contributed by atoms with van der Waals surface area (Å²) in [5, 5.41) is 10.2. The molecule has 2 aromatic heterocycles. The van der Waals surface area contributed by atoms with Crippen molar-refractivity contribution in [2.24, 2.45) is 0 Å². The summed E-state index contributed by atoms with van der Waals surface area (Å²) in [6.45, 7) is 0. The normalized spacial score (nSPS) is 20.2. The van der Waals surface area contributed by atoms with Gasteiger partial charge in [-0.1, -0.05) is 12.1 Å². The van der Waals surface area contributed by atoms with E-state index in [1.54, 1.807) is 24.5 Å². The third-order valence-corrected chi connectivity index (χ3v) is 4.70.